The summed E-state index contributed by atoms with van der Waals surface area (Å²) in [5.41, 5.74) is 1.02. The molecular weight excluding hydrogens is 540 g/mol. The van der Waals surface area contributed by atoms with Crippen LogP contribution >= 0.6 is 23.2 Å². The third kappa shape index (κ3) is 9.16. The van der Waals surface area contributed by atoms with Gasteiger partial charge >= 0.3 is 0 Å². The number of sulfonamides is 1. The molecule has 2 rings (SSSR count). The number of amides is 2. The number of carbonyl (C=O) groups is 2. The van der Waals surface area contributed by atoms with Crippen molar-refractivity contribution in [3.05, 3.63) is 63.9 Å². The van der Waals surface area contributed by atoms with Crippen molar-refractivity contribution in [3.8, 4) is 0 Å². The average molecular weight is 575 g/mol. The molecule has 0 fully saturated rings. The average Bonchev–Trinajstić information content (AvgIpc) is 2.83. The Balaban J connectivity index is 2.24. The number of nitrogens with zero attached hydrogens (tertiary/aromatic N) is 2. The summed E-state index contributed by atoms with van der Waals surface area (Å²) in [5, 5.41) is 3.66. The van der Waals surface area contributed by atoms with Crippen LogP contribution in [0.3, 0.4) is 0 Å². The summed E-state index contributed by atoms with van der Waals surface area (Å²) < 4.78 is 39.2. The highest BCUT2D eigenvalue weighted by Crippen LogP contribution is 2.25. The Morgan fingerprint density at radius 2 is 1.68 bits per heavy atom. The quantitative estimate of drug-likeness (QED) is 0.347. The Morgan fingerprint density at radius 3 is 2.22 bits per heavy atom. The largest absolute Gasteiger partial charge is 0.352 e. The molecule has 11 heteroatoms. The molecule has 0 saturated heterocycles. The van der Waals surface area contributed by atoms with Gasteiger partial charge in [-0.1, -0.05) is 43.1 Å². The molecule has 0 saturated carbocycles. The van der Waals surface area contributed by atoms with E-state index in [4.69, 9.17) is 23.2 Å². The molecule has 0 unspecified atom stereocenters. The molecule has 0 aliphatic rings. The Labute approximate surface area is 229 Å². The molecule has 0 bridgehead atoms. The van der Waals surface area contributed by atoms with Crippen molar-refractivity contribution >= 4 is 50.7 Å². The maximum atomic E-state index is 13.4. The lowest BCUT2D eigenvalue weighted by atomic mass is 10.1. The van der Waals surface area contributed by atoms with Crippen LogP contribution in [0.15, 0.2) is 42.5 Å². The number of anilines is 1. The van der Waals surface area contributed by atoms with Crippen molar-refractivity contribution in [2.24, 2.45) is 0 Å². The van der Waals surface area contributed by atoms with E-state index in [2.05, 4.69) is 5.32 Å². The summed E-state index contributed by atoms with van der Waals surface area (Å²) >= 11 is 12.2. The first-order chi connectivity index (χ1) is 17.4. The lowest BCUT2D eigenvalue weighted by Crippen LogP contribution is -2.50. The number of hydrogen-bond donors (Lipinski definition) is 1. The number of rotatable bonds is 13. The van der Waals surface area contributed by atoms with Gasteiger partial charge in [0.2, 0.25) is 21.8 Å². The number of benzene rings is 2. The highest BCUT2D eigenvalue weighted by Gasteiger charge is 2.29. The molecule has 204 valence electrons. The van der Waals surface area contributed by atoms with Crippen LogP contribution in [0.1, 0.15) is 52.0 Å². The van der Waals surface area contributed by atoms with Gasteiger partial charge in [0.05, 0.1) is 22.0 Å². The zero-order valence-corrected chi connectivity index (χ0v) is 23.8. The SMILES string of the molecule is CC[C@@H](C)NC(=O)[C@H](CC)N(Cc1ccc(Cl)c(Cl)c1)C(=O)CCCN(c1ccc(F)cc1)S(C)(=O)=O. The van der Waals surface area contributed by atoms with Crippen LogP contribution in [0.25, 0.3) is 0 Å². The van der Waals surface area contributed by atoms with Gasteiger partial charge < -0.3 is 10.2 Å². The molecule has 7 nitrogen and oxygen atoms in total. The molecular formula is C26H34Cl2FN3O4S. The van der Waals surface area contributed by atoms with Gasteiger partial charge in [0, 0.05) is 25.6 Å². The smallest absolute Gasteiger partial charge is 0.243 e. The lowest BCUT2D eigenvalue weighted by Gasteiger charge is -2.32. The number of nitrogens with one attached hydrogen (secondary N) is 1. The van der Waals surface area contributed by atoms with E-state index in [1.165, 1.54) is 29.2 Å². The monoisotopic (exact) mass is 573 g/mol. The summed E-state index contributed by atoms with van der Waals surface area (Å²) in [4.78, 5) is 28.0. The third-order valence-electron chi connectivity index (χ3n) is 5.99. The van der Waals surface area contributed by atoms with E-state index in [0.717, 1.165) is 17.0 Å². The number of hydrogen-bond acceptors (Lipinski definition) is 4. The molecule has 0 aromatic heterocycles. The Bertz CT molecular complexity index is 1180. The zero-order valence-electron chi connectivity index (χ0n) is 21.5. The molecule has 0 aliphatic heterocycles. The molecule has 2 atom stereocenters. The molecule has 0 heterocycles. The predicted octanol–water partition coefficient (Wildman–Crippen LogP) is 5.40. The van der Waals surface area contributed by atoms with Crippen molar-refractivity contribution in [2.45, 2.75) is 65.1 Å². The molecule has 2 aromatic carbocycles. The minimum Gasteiger partial charge on any atom is -0.352 e. The van der Waals surface area contributed by atoms with E-state index >= 15 is 0 Å². The summed E-state index contributed by atoms with van der Waals surface area (Å²) in [6.45, 7) is 5.84. The van der Waals surface area contributed by atoms with Crippen LogP contribution in [0.5, 0.6) is 0 Å². The fourth-order valence-electron chi connectivity index (χ4n) is 3.81. The summed E-state index contributed by atoms with van der Waals surface area (Å²) in [7, 11) is -3.66. The Hall–Kier alpha value is -2.36. The molecule has 1 N–H and O–H groups in total. The third-order valence-corrected chi connectivity index (χ3v) is 7.92. The van der Waals surface area contributed by atoms with Gasteiger partial charge in [-0.15, -0.1) is 0 Å². The summed E-state index contributed by atoms with van der Waals surface area (Å²) in [6.07, 6.45) is 2.39. The van der Waals surface area contributed by atoms with E-state index in [0.29, 0.717) is 27.7 Å². The van der Waals surface area contributed by atoms with E-state index < -0.39 is 21.9 Å². The fraction of sp³-hybridized carbons (Fsp3) is 0.462. The first-order valence-electron chi connectivity index (χ1n) is 12.1. The van der Waals surface area contributed by atoms with Crippen molar-refractivity contribution < 1.29 is 22.4 Å². The second kappa shape index (κ2) is 14.0. The van der Waals surface area contributed by atoms with Gasteiger partial charge in [-0.25, -0.2) is 12.8 Å². The Kier molecular flexibility index (Phi) is 11.7. The minimum atomic E-state index is -3.66. The van der Waals surface area contributed by atoms with Gasteiger partial charge in [-0.2, -0.15) is 0 Å². The summed E-state index contributed by atoms with van der Waals surface area (Å²) in [6, 6.07) is 9.37. The zero-order chi connectivity index (χ0) is 27.8. The number of halogens is 3. The van der Waals surface area contributed by atoms with Crippen molar-refractivity contribution in [1.82, 2.24) is 10.2 Å². The van der Waals surface area contributed by atoms with Crippen molar-refractivity contribution in [3.63, 3.8) is 0 Å². The van der Waals surface area contributed by atoms with Crippen molar-refractivity contribution in [1.29, 1.82) is 0 Å². The van der Waals surface area contributed by atoms with E-state index in [-0.39, 0.29) is 43.8 Å². The molecule has 2 aromatic rings. The van der Waals surface area contributed by atoms with Crippen LogP contribution in [-0.2, 0) is 26.2 Å². The Morgan fingerprint density at radius 1 is 1.03 bits per heavy atom. The van der Waals surface area contributed by atoms with Crippen LogP contribution in [0, 0.1) is 5.82 Å². The van der Waals surface area contributed by atoms with Crippen LogP contribution in [0.4, 0.5) is 10.1 Å². The standard InChI is InChI=1S/C26H34Cl2FN3O4S/c1-5-18(3)30-26(34)24(6-2)31(17-19-9-14-22(27)23(28)16-19)25(33)8-7-15-32(37(4,35)36)21-12-10-20(29)11-13-21/h9-14,16,18,24H,5-8,15,17H2,1-4H3,(H,30,34)/t18-,24+/m1/s1. The van der Waals surface area contributed by atoms with E-state index in [9.17, 15) is 22.4 Å². The fourth-order valence-corrected chi connectivity index (χ4v) is 5.09. The molecule has 0 radical (unpaired) electrons. The minimum absolute atomic E-state index is 0.00163. The second-order valence-corrected chi connectivity index (χ2v) is 11.6. The normalized spacial score (nSPS) is 13.1. The first kappa shape index (κ1) is 30.9. The predicted molar refractivity (Wildman–Crippen MR) is 147 cm³/mol. The van der Waals surface area contributed by atoms with Gasteiger partial charge in [0.15, 0.2) is 0 Å². The highest BCUT2D eigenvalue weighted by molar-refractivity contribution is 7.92. The molecule has 0 aliphatic carbocycles. The van der Waals surface area contributed by atoms with Gasteiger partial charge in [0.1, 0.15) is 11.9 Å². The van der Waals surface area contributed by atoms with Gasteiger partial charge in [-0.05, 0) is 68.1 Å². The van der Waals surface area contributed by atoms with Gasteiger partial charge in [-0.3, -0.25) is 13.9 Å². The molecule has 2 amide bonds. The van der Waals surface area contributed by atoms with Crippen LogP contribution in [-0.4, -0.2) is 50.0 Å². The van der Waals surface area contributed by atoms with Crippen LogP contribution in [0.2, 0.25) is 10.0 Å². The summed E-state index contributed by atoms with van der Waals surface area (Å²) in [5.74, 6) is -1.04. The van der Waals surface area contributed by atoms with E-state index in [1.54, 1.807) is 18.2 Å². The first-order valence-corrected chi connectivity index (χ1v) is 14.7. The van der Waals surface area contributed by atoms with Crippen molar-refractivity contribution in [2.75, 3.05) is 17.1 Å². The molecule has 37 heavy (non-hydrogen) atoms. The second-order valence-electron chi connectivity index (χ2n) is 8.93. The van der Waals surface area contributed by atoms with E-state index in [1.807, 2.05) is 20.8 Å². The topological polar surface area (TPSA) is 86.8 Å². The maximum absolute atomic E-state index is 13.4. The maximum Gasteiger partial charge on any atom is 0.243 e. The number of carbonyl (C=O) groups excluding carboxylic acids is 2. The molecule has 0 spiro atoms. The van der Waals surface area contributed by atoms with Gasteiger partial charge in [0.25, 0.3) is 0 Å². The highest BCUT2D eigenvalue weighted by atomic mass is 35.5. The lowest BCUT2D eigenvalue weighted by molar-refractivity contribution is -0.141. The van der Waals surface area contributed by atoms with Crippen LogP contribution < -0.4 is 9.62 Å².